The van der Waals surface area contributed by atoms with E-state index >= 15 is 0 Å². The highest BCUT2D eigenvalue weighted by atomic mass is 16.7. The molecule has 0 saturated carbocycles. The van der Waals surface area contributed by atoms with E-state index in [1.807, 2.05) is 18.2 Å². The molecule has 39 heavy (non-hydrogen) atoms. The summed E-state index contributed by atoms with van der Waals surface area (Å²) < 4.78 is 19.3. The van der Waals surface area contributed by atoms with Crippen LogP contribution in [0, 0.1) is 0 Å². The molecular weight excluding hydrogens is 486 g/mol. The Bertz CT molecular complexity index is 1370. The molecule has 0 radical (unpaired) electrons. The number of rotatable bonds is 13. The molecule has 6 heteroatoms. The van der Waals surface area contributed by atoms with Crippen LogP contribution in [0.5, 0.6) is 17.2 Å². The minimum absolute atomic E-state index is 0.300. The van der Waals surface area contributed by atoms with Crippen molar-refractivity contribution in [2.45, 2.75) is 65.1 Å². The van der Waals surface area contributed by atoms with E-state index in [4.69, 9.17) is 19.2 Å². The molecule has 0 amide bonds. The van der Waals surface area contributed by atoms with Crippen LogP contribution in [0.1, 0.15) is 50.8 Å². The Kier molecular flexibility index (Phi) is 8.84. The highest BCUT2D eigenvalue weighted by Crippen LogP contribution is 2.35. The van der Waals surface area contributed by atoms with Gasteiger partial charge in [-0.3, -0.25) is 0 Å². The second-order valence-corrected chi connectivity index (χ2v) is 10.1. The minimum Gasteiger partial charge on any atom is -0.496 e. The Morgan fingerprint density at radius 2 is 1.74 bits per heavy atom. The number of nitrogens with one attached hydrogen (secondary N) is 1. The third-order valence-electron chi connectivity index (χ3n) is 7.32. The molecular formula is C33H39N3O3. The Morgan fingerprint density at radius 1 is 0.949 bits per heavy atom. The molecule has 4 aromatic rings. The molecule has 1 aromatic heterocycles. The highest BCUT2D eigenvalue weighted by molar-refractivity contribution is 5.71. The van der Waals surface area contributed by atoms with Crippen molar-refractivity contribution in [3.05, 3.63) is 84.1 Å². The monoisotopic (exact) mass is 525 g/mol. The van der Waals surface area contributed by atoms with Gasteiger partial charge in [-0.1, -0.05) is 75.2 Å². The number of para-hydroxylation sites is 1. The first-order valence-corrected chi connectivity index (χ1v) is 14.1. The minimum atomic E-state index is 0.300. The van der Waals surface area contributed by atoms with E-state index in [0.717, 1.165) is 85.1 Å². The molecule has 6 nitrogen and oxygen atoms in total. The summed E-state index contributed by atoms with van der Waals surface area (Å²) in [6.45, 7) is 6.41. The van der Waals surface area contributed by atoms with Crippen molar-refractivity contribution in [3.63, 3.8) is 0 Å². The topological polar surface area (TPSA) is 57.5 Å². The summed E-state index contributed by atoms with van der Waals surface area (Å²) in [7, 11) is 1.73. The number of methoxy groups -OCH3 is 1. The SMILES string of the molecule is CCCCn1c(-c2ccccc2OC)nc(-c2ccccc2)c1CNC(CCC)Cc1ccc2c(c1)OCO2. The standard InChI is InChI=1S/C33H39N3O3/c1-4-6-19-36-28(22-34-26(12-5-2)20-24-17-18-30-31(21-24)39-23-38-30)32(25-13-8-7-9-14-25)35-33(36)27-15-10-11-16-29(27)37-3/h7-11,13-18,21,26,34H,4-6,12,19-20,22-23H2,1-3H3. The zero-order chi connectivity index (χ0) is 27.0. The molecule has 1 atom stereocenters. The molecule has 0 saturated heterocycles. The maximum absolute atomic E-state index is 5.75. The van der Waals surface area contributed by atoms with Crippen LogP contribution >= 0.6 is 0 Å². The van der Waals surface area contributed by atoms with E-state index in [0.29, 0.717) is 12.8 Å². The van der Waals surface area contributed by atoms with Gasteiger partial charge < -0.3 is 24.1 Å². The molecule has 0 bridgehead atoms. The Labute approximate surface area is 232 Å². The van der Waals surface area contributed by atoms with Gasteiger partial charge in [-0.05, 0) is 49.1 Å². The van der Waals surface area contributed by atoms with E-state index in [-0.39, 0.29) is 0 Å². The fourth-order valence-electron chi connectivity index (χ4n) is 5.30. The Hall–Kier alpha value is -3.77. The first-order valence-electron chi connectivity index (χ1n) is 14.1. The van der Waals surface area contributed by atoms with Crippen molar-refractivity contribution >= 4 is 0 Å². The lowest BCUT2D eigenvalue weighted by atomic mass is 10.0. The van der Waals surface area contributed by atoms with Crippen LogP contribution in [0.4, 0.5) is 0 Å². The summed E-state index contributed by atoms with van der Waals surface area (Å²) in [5, 5.41) is 3.91. The number of fused-ring (bicyclic) bond motifs is 1. The van der Waals surface area contributed by atoms with Crippen molar-refractivity contribution in [1.29, 1.82) is 0 Å². The number of hydrogen-bond donors (Lipinski definition) is 1. The average molecular weight is 526 g/mol. The molecule has 1 aliphatic heterocycles. The molecule has 204 valence electrons. The van der Waals surface area contributed by atoms with Gasteiger partial charge in [0.15, 0.2) is 11.5 Å². The fraction of sp³-hybridized carbons (Fsp3) is 0.364. The molecule has 1 aliphatic rings. The van der Waals surface area contributed by atoms with Gasteiger partial charge in [-0.15, -0.1) is 0 Å². The first kappa shape index (κ1) is 26.8. The molecule has 0 aliphatic carbocycles. The number of aromatic nitrogens is 2. The maximum Gasteiger partial charge on any atom is 0.231 e. The molecule has 0 fully saturated rings. The molecule has 3 aromatic carbocycles. The zero-order valence-electron chi connectivity index (χ0n) is 23.3. The first-order chi connectivity index (χ1) is 19.2. The summed E-state index contributed by atoms with van der Waals surface area (Å²) in [5.41, 5.74) is 5.64. The average Bonchev–Trinajstić information content (AvgIpc) is 3.59. The van der Waals surface area contributed by atoms with E-state index in [1.54, 1.807) is 7.11 Å². The summed E-state index contributed by atoms with van der Waals surface area (Å²) in [5.74, 6) is 3.47. The smallest absolute Gasteiger partial charge is 0.231 e. The third kappa shape index (κ3) is 6.12. The van der Waals surface area contributed by atoms with Gasteiger partial charge in [-0.25, -0.2) is 4.98 Å². The largest absolute Gasteiger partial charge is 0.496 e. The third-order valence-corrected chi connectivity index (χ3v) is 7.32. The summed E-state index contributed by atoms with van der Waals surface area (Å²) in [4.78, 5) is 5.27. The van der Waals surface area contributed by atoms with Crippen molar-refractivity contribution in [3.8, 4) is 39.9 Å². The lowest BCUT2D eigenvalue weighted by molar-refractivity contribution is 0.174. The van der Waals surface area contributed by atoms with Gasteiger partial charge >= 0.3 is 0 Å². The zero-order valence-corrected chi connectivity index (χ0v) is 23.3. The van der Waals surface area contributed by atoms with Crippen molar-refractivity contribution in [2.75, 3.05) is 13.9 Å². The van der Waals surface area contributed by atoms with Gasteiger partial charge in [0.1, 0.15) is 11.6 Å². The van der Waals surface area contributed by atoms with Gasteiger partial charge in [0.2, 0.25) is 6.79 Å². The quantitative estimate of drug-likeness (QED) is 0.199. The summed E-state index contributed by atoms with van der Waals surface area (Å²) in [6.07, 6.45) is 5.30. The fourth-order valence-corrected chi connectivity index (χ4v) is 5.30. The van der Waals surface area contributed by atoms with Crippen molar-refractivity contribution in [2.24, 2.45) is 0 Å². The van der Waals surface area contributed by atoms with Crippen LogP contribution in [-0.4, -0.2) is 29.5 Å². The van der Waals surface area contributed by atoms with Gasteiger partial charge in [0.05, 0.1) is 24.1 Å². The molecule has 2 heterocycles. The van der Waals surface area contributed by atoms with Crippen LogP contribution in [0.2, 0.25) is 0 Å². The Balaban J connectivity index is 1.50. The number of benzene rings is 3. The number of ether oxygens (including phenoxy) is 3. The van der Waals surface area contributed by atoms with Crippen LogP contribution in [-0.2, 0) is 19.5 Å². The van der Waals surface area contributed by atoms with Crippen molar-refractivity contribution < 1.29 is 14.2 Å². The molecule has 0 spiro atoms. The van der Waals surface area contributed by atoms with Crippen molar-refractivity contribution in [1.82, 2.24) is 14.9 Å². The Morgan fingerprint density at radius 3 is 2.54 bits per heavy atom. The maximum atomic E-state index is 5.75. The lowest BCUT2D eigenvalue weighted by Crippen LogP contribution is -2.31. The second kappa shape index (κ2) is 12.9. The van der Waals surface area contributed by atoms with Gasteiger partial charge in [0.25, 0.3) is 0 Å². The summed E-state index contributed by atoms with van der Waals surface area (Å²) >= 11 is 0. The van der Waals surface area contributed by atoms with Gasteiger partial charge in [-0.2, -0.15) is 0 Å². The van der Waals surface area contributed by atoms with Crippen LogP contribution in [0.3, 0.4) is 0 Å². The summed E-state index contributed by atoms with van der Waals surface area (Å²) in [6, 6.07) is 25.3. The number of hydrogen-bond acceptors (Lipinski definition) is 5. The number of imidazole rings is 1. The molecule has 1 N–H and O–H groups in total. The van der Waals surface area contributed by atoms with E-state index in [2.05, 4.69) is 78.3 Å². The van der Waals surface area contributed by atoms with Gasteiger partial charge in [0, 0.05) is 24.7 Å². The molecule has 5 rings (SSSR count). The van der Waals surface area contributed by atoms with E-state index in [1.165, 1.54) is 11.3 Å². The van der Waals surface area contributed by atoms with Crippen LogP contribution in [0.15, 0.2) is 72.8 Å². The number of nitrogens with zero attached hydrogens (tertiary/aromatic N) is 2. The van der Waals surface area contributed by atoms with Crippen LogP contribution in [0.25, 0.3) is 22.6 Å². The predicted molar refractivity (Wildman–Crippen MR) is 156 cm³/mol. The predicted octanol–water partition coefficient (Wildman–Crippen LogP) is 7.26. The lowest BCUT2D eigenvalue weighted by Gasteiger charge is -2.20. The molecule has 1 unspecified atom stereocenters. The highest BCUT2D eigenvalue weighted by Gasteiger charge is 2.23. The van der Waals surface area contributed by atoms with E-state index in [9.17, 15) is 0 Å². The van der Waals surface area contributed by atoms with Crippen LogP contribution < -0.4 is 19.5 Å². The van der Waals surface area contributed by atoms with E-state index < -0.39 is 0 Å². The number of unbranched alkanes of at least 4 members (excludes halogenated alkanes) is 1. The normalized spacial score (nSPS) is 13.0. The second-order valence-electron chi connectivity index (χ2n) is 10.1.